The molecule has 12 heteroatoms. The van der Waals surface area contributed by atoms with Gasteiger partial charge in [0.15, 0.2) is 17.6 Å². The molecule has 4 rings (SSSR count). The third-order valence-electron chi connectivity index (χ3n) is 6.53. The van der Waals surface area contributed by atoms with E-state index in [1.165, 1.54) is 12.3 Å². The Morgan fingerprint density at radius 1 is 0.891 bits per heavy atom. The molecule has 0 saturated carbocycles. The second-order valence-electron chi connectivity index (χ2n) is 9.96. The number of carbonyl (C=O) groups is 2. The zero-order valence-electron chi connectivity index (χ0n) is 24.9. The van der Waals surface area contributed by atoms with Crippen molar-refractivity contribution in [1.29, 1.82) is 0 Å². The van der Waals surface area contributed by atoms with Gasteiger partial charge in [0, 0.05) is 22.0 Å². The molecule has 8 nitrogen and oxygen atoms in total. The van der Waals surface area contributed by atoms with Crippen molar-refractivity contribution in [2.45, 2.75) is 39.0 Å². The predicted molar refractivity (Wildman–Crippen MR) is 185 cm³/mol. The van der Waals surface area contributed by atoms with E-state index in [-0.39, 0.29) is 18.1 Å². The van der Waals surface area contributed by atoms with Crippen molar-refractivity contribution < 1.29 is 23.8 Å². The Morgan fingerprint density at radius 3 is 2.35 bits per heavy atom. The molecule has 0 aromatic heterocycles. The summed E-state index contributed by atoms with van der Waals surface area (Å²) in [6, 6.07) is 24.0. The largest absolute Gasteiger partial charge is 0.490 e. The highest BCUT2D eigenvalue weighted by molar-refractivity contribution is 9.10. The fourth-order valence-corrected chi connectivity index (χ4v) is 5.46. The number of amides is 2. The molecule has 0 heterocycles. The Labute approximate surface area is 291 Å². The molecule has 240 valence electrons. The number of carbonyl (C=O) groups excluding carboxylic acids is 2. The van der Waals surface area contributed by atoms with E-state index in [0.717, 1.165) is 11.1 Å². The first-order valence-electron chi connectivity index (χ1n) is 14.3. The Hall–Kier alpha value is -3.76. The first kappa shape index (κ1) is 35.1. The highest BCUT2D eigenvalue weighted by atomic mass is 79.9. The highest BCUT2D eigenvalue weighted by Crippen LogP contribution is 2.37. The van der Waals surface area contributed by atoms with Gasteiger partial charge < -0.3 is 19.5 Å². The average Bonchev–Trinajstić information content (AvgIpc) is 3.03. The molecular weight excluding hydrogens is 717 g/mol. The van der Waals surface area contributed by atoms with E-state index >= 15 is 0 Å². The van der Waals surface area contributed by atoms with Crippen LogP contribution in [0.3, 0.4) is 0 Å². The Morgan fingerprint density at radius 2 is 1.63 bits per heavy atom. The van der Waals surface area contributed by atoms with Crippen LogP contribution in [-0.2, 0) is 22.6 Å². The van der Waals surface area contributed by atoms with Gasteiger partial charge in [-0.05, 0) is 77.3 Å². The lowest BCUT2D eigenvalue weighted by molar-refractivity contribution is -0.132. The van der Waals surface area contributed by atoms with Crippen molar-refractivity contribution >= 4 is 68.8 Å². The standard InChI is InChI=1S/C34H31BrCl3N3O5/c1-3-44-31-17-23(15-26(35)32(31)45-20-24-11-7-8-12-27(24)37)19-39-41-34(43)29(16-22-9-5-4-6-10-22)40-33(42)21(2)46-30-14-13-25(36)18-28(30)38/h4-15,17-19,21,29H,3,16,20H2,1-2H3,(H,40,42)(H,41,43)/b39-19-/t21-,29-/m1/s1. The first-order valence-corrected chi connectivity index (χ1v) is 16.2. The Balaban J connectivity index is 1.45. The van der Waals surface area contributed by atoms with Gasteiger partial charge in [-0.2, -0.15) is 5.10 Å². The van der Waals surface area contributed by atoms with E-state index in [4.69, 9.17) is 49.0 Å². The molecule has 4 aromatic carbocycles. The van der Waals surface area contributed by atoms with Crippen LogP contribution in [0.1, 0.15) is 30.5 Å². The lowest BCUT2D eigenvalue weighted by atomic mass is 10.1. The summed E-state index contributed by atoms with van der Waals surface area (Å²) in [6.45, 7) is 4.07. The zero-order chi connectivity index (χ0) is 33.1. The van der Waals surface area contributed by atoms with Crippen LogP contribution < -0.4 is 25.0 Å². The van der Waals surface area contributed by atoms with Crippen LogP contribution >= 0.6 is 50.7 Å². The van der Waals surface area contributed by atoms with Crippen molar-refractivity contribution in [3.8, 4) is 17.2 Å². The van der Waals surface area contributed by atoms with Crippen LogP contribution in [0.2, 0.25) is 15.1 Å². The quantitative estimate of drug-likeness (QED) is 0.101. The number of nitrogens with zero attached hydrogens (tertiary/aromatic N) is 1. The molecule has 0 aliphatic rings. The fourth-order valence-electron chi connectivity index (χ4n) is 4.24. The number of ether oxygens (including phenoxy) is 3. The van der Waals surface area contributed by atoms with E-state index in [1.54, 1.807) is 37.3 Å². The van der Waals surface area contributed by atoms with Gasteiger partial charge >= 0.3 is 0 Å². The molecule has 2 amide bonds. The van der Waals surface area contributed by atoms with Gasteiger partial charge in [-0.15, -0.1) is 0 Å². The number of benzene rings is 4. The number of hydrogen-bond acceptors (Lipinski definition) is 6. The fraction of sp³-hybridized carbons (Fsp3) is 0.206. The van der Waals surface area contributed by atoms with E-state index in [9.17, 15) is 9.59 Å². The summed E-state index contributed by atoms with van der Waals surface area (Å²) in [5, 5.41) is 8.22. The molecule has 0 spiro atoms. The van der Waals surface area contributed by atoms with Gasteiger partial charge in [0.05, 0.1) is 22.3 Å². The maximum Gasteiger partial charge on any atom is 0.262 e. The number of halogens is 4. The SMILES string of the molecule is CCOc1cc(/C=N\NC(=O)[C@@H](Cc2ccccc2)NC(=O)[C@@H](C)Oc2ccc(Cl)cc2Cl)cc(Br)c1OCc1ccccc1Cl. The number of hydrogen-bond donors (Lipinski definition) is 2. The smallest absolute Gasteiger partial charge is 0.262 e. The van der Waals surface area contributed by atoms with Crippen molar-refractivity contribution in [2.24, 2.45) is 5.10 Å². The van der Waals surface area contributed by atoms with Crippen LogP contribution in [-0.4, -0.2) is 36.8 Å². The zero-order valence-corrected chi connectivity index (χ0v) is 28.8. The van der Waals surface area contributed by atoms with Gasteiger partial charge in [-0.3, -0.25) is 9.59 Å². The van der Waals surface area contributed by atoms with Gasteiger partial charge in [0.1, 0.15) is 18.4 Å². The minimum absolute atomic E-state index is 0.222. The molecule has 0 bridgehead atoms. The summed E-state index contributed by atoms with van der Waals surface area (Å²) in [7, 11) is 0. The van der Waals surface area contributed by atoms with Crippen molar-refractivity contribution in [3.63, 3.8) is 0 Å². The number of hydrazone groups is 1. The van der Waals surface area contributed by atoms with Crippen molar-refractivity contribution in [2.75, 3.05) is 6.61 Å². The first-order chi connectivity index (χ1) is 22.1. The molecule has 2 atom stereocenters. The lowest BCUT2D eigenvalue weighted by Gasteiger charge is -2.21. The van der Waals surface area contributed by atoms with Crippen LogP contribution in [0.25, 0.3) is 0 Å². The number of rotatable bonds is 14. The maximum absolute atomic E-state index is 13.3. The Kier molecular flexibility index (Phi) is 13.2. The van der Waals surface area contributed by atoms with Crippen LogP contribution in [0, 0.1) is 0 Å². The molecule has 2 N–H and O–H groups in total. The molecule has 0 fully saturated rings. The molecule has 0 saturated heterocycles. The van der Waals surface area contributed by atoms with E-state index in [2.05, 4.69) is 31.8 Å². The van der Waals surface area contributed by atoms with Gasteiger partial charge in [-0.25, -0.2) is 5.43 Å². The van der Waals surface area contributed by atoms with Gasteiger partial charge in [-0.1, -0.05) is 83.3 Å². The van der Waals surface area contributed by atoms with Crippen LogP contribution in [0.5, 0.6) is 17.2 Å². The summed E-state index contributed by atoms with van der Waals surface area (Å²) in [5.41, 5.74) is 4.85. The van der Waals surface area contributed by atoms with Gasteiger partial charge in [0.2, 0.25) is 0 Å². The lowest BCUT2D eigenvalue weighted by Crippen LogP contribution is -2.50. The third kappa shape index (κ3) is 10.1. The highest BCUT2D eigenvalue weighted by Gasteiger charge is 2.25. The summed E-state index contributed by atoms with van der Waals surface area (Å²) in [5.74, 6) is 0.253. The monoisotopic (exact) mass is 745 g/mol. The predicted octanol–water partition coefficient (Wildman–Crippen LogP) is 8.03. The molecule has 0 unspecified atom stereocenters. The molecule has 46 heavy (non-hydrogen) atoms. The van der Waals surface area contributed by atoms with Crippen molar-refractivity contribution in [1.82, 2.24) is 10.7 Å². The van der Waals surface area contributed by atoms with Gasteiger partial charge in [0.25, 0.3) is 11.8 Å². The third-order valence-corrected chi connectivity index (χ3v) is 8.02. The maximum atomic E-state index is 13.3. The summed E-state index contributed by atoms with van der Waals surface area (Å²) in [4.78, 5) is 26.4. The Bertz CT molecular complexity index is 1690. The van der Waals surface area contributed by atoms with E-state index < -0.39 is 24.0 Å². The molecule has 0 aliphatic carbocycles. The summed E-state index contributed by atoms with van der Waals surface area (Å²) < 4.78 is 18.2. The van der Waals surface area contributed by atoms with Crippen LogP contribution in [0.4, 0.5) is 0 Å². The molecule has 0 radical (unpaired) electrons. The second kappa shape index (κ2) is 17.2. The average molecular weight is 748 g/mol. The number of nitrogens with one attached hydrogen (secondary N) is 2. The summed E-state index contributed by atoms with van der Waals surface area (Å²) in [6.07, 6.45) is 0.736. The molecule has 0 aliphatic heterocycles. The molecular formula is C34H31BrCl3N3O5. The minimum Gasteiger partial charge on any atom is -0.490 e. The van der Waals surface area contributed by atoms with E-state index in [0.29, 0.717) is 43.9 Å². The van der Waals surface area contributed by atoms with Crippen LogP contribution in [0.15, 0.2) is 94.5 Å². The summed E-state index contributed by atoms with van der Waals surface area (Å²) >= 11 is 22.0. The minimum atomic E-state index is -0.957. The van der Waals surface area contributed by atoms with E-state index in [1.807, 2.05) is 55.5 Å². The normalized spacial score (nSPS) is 12.3. The second-order valence-corrected chi connectivity index (χ2v) is 12.1. The molecule has 4 aromatic rings. The van der Waals surface area contributed by atoms with Crippen molar-refractivity contribution in [3.05, 3.63) is 121 Å². The topological polar surface area (TPSA) is 98.2 Å².